The topological polar surface area (TPSA) is 26.3 Å². The summed E-state index contributed by atoms with van der Waals surface area (Å²) in [6.45, 7) is -0.882. The molecule has 0 amide bonds. The molecule has 0 atom stereocenters. The number of hydrogen-bond acceptors (Lipinski definition) is 2. The lowest BCUT2D eigenvalue weighted by molar-refractivity contribution is 0.0163. The molecule has 0 saturated heterocycles. The van der Waals surface area contributed by atoms with Gasteiger partial charge in [0.1, 0.15) is 12.4 Å². The summed E-state index contributed by atoms with van der Waals surface area (Å²) < 4.78 is 55.9. The fourth-order valence-corrected chi connectivity index (χ4v) is 2.54. The van der Waals surface area contributed by atoms with Crippen molar-refractivity contribution < 1.29 is 27.1 Å². The largest absolute Gasteiger partial charge is 0.487 e. The molecule has 1 aliphatic carbocycles. The molecule has 18 heavy (non-hydrogen) atoms. The van der Waals surface area contributed by atoms with E-state index in [0.29, 0.717) is 3.57 Å². The highest BCUT2D eigenvalue weighted by molar-refractivity contribution is 14.1. The monoisotopic (exact) mass is 374 g/mol. The van der Waals surface area contributed by atoms with Gasteiger partial charge >= 0.3 is 5.92 Å². The molecule has 0 fully saturated rings. The Balaban J connectivity index is 2.40. The summed E-state index contributed by atoms with van der Waals surface area (Å²) in [5.41, 5.74) is -0.107. The Bertz CT molecular complexity index is 502. The van der Waals surface area contributed by atoms with Gasteiger partial charge in [-0.15, -0.1) is 0 Å². The van der Waals surface area contributed by atoms with E-state index in [9.17, 15) is 22.4 Å². The average Bonchev–Trinajstić information content (AvgIpc) is 2.50. The van der Waals surface area contributed by atoms with Crippen molar-refractivity contribution in [2.24, 2.45) is 0 Å². The molecule has 0 spiro atoms. The molecule has 0 heterocycles. The molecule has 1 aromatic carbocycles. The quantitative estimate of drug-likeness (QED) is 0.600. The van der Waals surface area contributed by atoms with Crippen LogP contribution in [0.4, 0.5) is 17.6 Å². The van der Waals surface area contributed by atoms with Crippen LogP contribution in [0, 0.1) is 3.57 Å². The standard InChI is InChI=1S/C11H7F4IO2/c12-8(13)4-18-7-2-1-6(16)9-5(7)3-11(14,15)10(9)17/h1-2,8H,3-4H2. The highest BCUT2D eigenvalue weighted by atomic mass is 127. The van der Waals surface area contributed by atoms with Crippen molar-refractivity contribution in [3.8, 4) is 5.75 Å². The molecule has 98 valence electrons. The number of ether oxygens (including phenoxy) is 1. The van der Waals surface area contributed by atoms with Gasteiger partial charge in [-0.1, -0.05) is 0 Å². The number of fused-ring (bicyclic) bond motifs is 1. The van der Waals surface area contributed by atoms with Gasteiger partial charge in [0.15, 0.2) is 0 Å². The number of hydrogen-bond donors (Lipinski definition) is 0. The molecule has 0 aliphatic heterocycles. The van der Waals surface area contributed by atoms with Crippen LogP contribution in [-0.2, 0) is 6.42 Å². The van der Waals surface area contributed by atoms with Crippen molar-refractivity contribution >= 4 is 28.4 Å². The third-order valence-corrected chi connectivity index (χ3v) is 3.44. The van der Waals surface area contributed by atoms with E-state index in [1.165, 1.54) is 12.1 Å². The third kappa shape index (κ3) is 2.32. The Kier molecular flexibility index (Phi) is 3.52. The van der Waals surface area contributed by atoms with E-state index in [4.69, 9.17) is 4.74 Å². The van der Waals surface area contributed by atoms with Gasteiger partial charge in [-0.05, 0) is 34.7 Å². The summed E-state index contributed by atoms with van der Waals surface area (Å²) >= 11 is 1.76. The van der Waals surface area contributed by atoms with Crippen LogP contribution in [0.5, 0.6) is 5.75 Å². The van der Waals surface area contributed by atoms with Crippen molar-refractivity contribution in [3.05, 3.63) is 26.8 Å². The summed E-state index contributed by atoms with van der Waals surface area (Å²) in [5.74, 6) is -4.83. The van der Waals surface area contributed by atoms with E-state index < -0.39 is 31.2 Å². The molecule has 1 aliphatic rings. The average molecular weight is 374 g/mol. The van der Waals surface area contributed by atoms with E-state index in [-0.39, 0.29) is 16.9 Å². The first kappa shape index (κ1) is 13.6. The predicted molar refractivity (Wildman–Crippen MR) is 63.6 cm³/mol. The fourth-order valence-electron chi connectivity index (χ4n) is 1.79. The van der Waals surface area contributed by atoms with Crippen LogP contribution in [0.15, 0.2) is 12.1 Å². The number of benzene rings is 1. The minimum Gasteiger partial charge on any atom is -0.487 e. The number of carbonyl (C=O) groups is 1. The van der Waals surface area contributed by atoms with Crippen LogP contribution in [0.25, 0.3) is 0 Å². The number of halogens is 5. The van der Waals surface area contributed by atoms with Gasteiger partial charge in [0, 0.05) is 21.1 Å². The molecule has 1 aromatic rings. The minimum absolute atomic E-state index is 0.0116. The van der Waals surface area contributed by atoms with Crippen LogP contribution in [0.2, 0.25) is 0 Å². The van der Waals surface area contributed by atoms with E-state index in [1.807, 2.05) is 0 Å². The highest BCUT2D eigenvalue weighted by Gasteiger charge is 2.49. The van der Waals surface area contributed by atoms with Crippen LogP contribution in [0.3, 0.4) is 0 Å². The Hall–Kier alpha value is -0.860. The Morgan fingerprint density at radius 1 is 1.39 bits per heavy atom. The lowest BCUT2D eigenvalue weighted by Gasteiger charge is -2.10. The lowest BCUT2D eigenvalue weighted by atomic mass is 10.1. The maximum absolute atomic E-state index is 13.3. The Morgan fingerprint density at radius 3 is 2.67 bits per heavy atom. The summed E-state index contributed by atoms with van der Waals surface area (Å²) in [4.78, 5) is 11.5. The lowest BCUT2D eigenvalue weighted by Crippen LogP contribution is -2.24. The van der Waals surface area contributed by atoms with E-state index in [0.717, 1.165) is 0 Å². The van der Waals surface area contributed by atoms with Crippen LogP contribution in [-0.4, -0.2) is 24.7 Å². The molecule has 0 bridgehead atoms. The van der Waals surface area contributed by atoms with Gasteiger partial charge in [0.25, 0.3) is 6.43 Å². The van der Waals surface area contributed by atoms with Gasteiger partial charge in [0.2, 0.25) is 5.78 Å². The first-order valence-electron chi connectivity index (χ1n) is 4.98. The molecule has 0 saturated carbocycles. The number of alkyl halides is 4. The Labute approximate surface area is 113 Å². The summed E-state index contributed by atoms with van der Waals surface area (Å²) in [5, 5.41) is 0. The zero-order valence-corrected chi connectivity index (χ0v) is 11.0. The minimum atomic E-state index is -3.48. The van der Waals surface area contributed by atoms with Crippen LogP contribution in [0.1, 0.15) is 15.9 Å². The number of carbonyl (C=O) groups excluding carboxylic acids is 1. The zero-order chi connectivity index (χ0) is 13.5. The zero-order valence-electron chi connectivity index (χ0n) is 8.85. The molecule has 0 aromatic heterocycles. The SMILES string of the molecule is O=C1c2c(I)ccc(OCC(F)F)c2CC1(F)F. The number of rotatable bonds is 3. The van der Waals surface area contributed by atoms with Gasteiger partial charge in [-0.25, -0.2) is 8.78 Å². The van der Waals surface area contributed by atoms with Gasteiger partial charge in [-0.3, -0.25) is 4.79 Å². The molecule has 0 N–H and O–H groups in total. The molecule has 2 nitrogen and oxygen atoms in total. The molecule has 7 heteroatoms. The second-order valence-corrected chi connectivity index (χ2v) is 4.97. The van der Waals surface area contributed by atoms with Gasteiger partial charge in [-0.2, -0.15) is 8.78 Å². The van der Waals surface area contributed by atoms with Crippen molar-refractivity contribution in [2.45, 2.75) is 18.8 Å². The smallest absolute Gasteiger partial charge is 0.313 e. The maximum atomic E-state index is 13.3. The van der Waals surface area contributed by atoms with Crippen molar-refractivity contribution in [1.29, 1.82) is 0 Å². The van der Waals surface area contributed by atoms with E-state index in [2.05, 4.69) is 0 Å². The van der Waals surface area contributed by atoms with Crippen LogP contribution >= 0.6 is 22.6 Å². The number of Topliss-reactive ketones (excluding diaryl/α,β-unsaturated/α-hetero) is 1. The van der Waals surface area contributed by atoms with Crippen molar-refractivity contribution in [2.75, 3.05) is 6.61 Å². The van der Waals surface area contributed by atoms with Gasteiger partial charge < -0.3 is 4.74 Å². The highest BCUT2D eigenvalue weighted by Crippen LogP contribution is 2.41. The predicted octanol–water partition coefficient (Wildman–Crippen LogP) is 3.31. The summed E-state index contributed by atoms with van der Waals surface area (Å²) in [7, 11) is 0. The molecular weight excluding hydrogens is 367 g/mol. The molecule has 0 unspecified atom stereocenters. The third-order valence-electron chi connectivity index (χ3n) is 2.54. The Morgan fingerprint density at radius 2 is 2.06 bits per heavy atom. The molecule has 0 radical (unpaired) electrons. The maximum Gasteiger partial charge on any atom is 0.313 e. The van der Waals surface area contributed by atoms with Crippen molar-refractivity contribution in [1.82, 2.24) is 0 Å². The first-order chi connectivity index (χ1) is 8.33. The molecular formula is C11H7F4IO2. The van der Waals surface area contributed by atoms with Gasteiger partial charge in [0.05, 0.1) is 0 Å². The summed E-state index contributed by atoms with van der Waals surface area (Å²) in [6.07, 6.45) is -3.49. The van der Waals surface area contributed by atoms with Crippen LogP contribution < -0.4 is 4.74 Å². The normalized spacial score (nSPS) is 17.1. The second kappa shape index (κ2) is 4.67. The van der Waals surface area contributed by atoms with E-state index >= 15 is 0 Å². The molecule has 2 rings (SSSR count). The second-order valence-electron chi connectivity index (χ2n) is 3.81. The summed E-state index contributed by atoms with van der Waals surface area (Å²) in [6, 6.07) is 2.73. The first-order valence-corrected chi connectivity index (χ1v) is 6.06. The fraction of sp³-hybridized carbons (Fsp3) is 0.364. The van der Waals surface area contributed by atoms with E-state index in [1.54, 1.807) is 22.6 Å². The number of ketones is 1. The van der Waals surface area contributed by atoms with Crippen molar-refractivity contribution in [3.63, 3.8) is 0 Å².